The minimum absolute atomic E-state index is 0. The number of piperazine rings is 1. The monoisotopic (exact) mass is 325 g/mol. The van der Waals surface area contributed by atoms with E-state index in [1.807, 2.05) is 24.3 Å². The fourth-order valence-electron chi connectivity index (χ4n) is 2.39. The highest BCUT2D eigenvalue weighted by molar-refractivity contribution is 5.96. The Balaban J connectivity index is 0.00000242. The molecule has 0 aromatic heterocycles. The molecular weight excluding hydrogens is 302 g/mol. The van der Waals surface area contributed by atoms with Gasteiger partial charge in [0.2, 0.25) is 5.91 Å². The first kappa shape index (κ1) is 18.5. The number of nitrogens with zero attached hydrogens (tertiary/aromatic N) is 2. The van der Waals surface area contributed by atoms with Crippen LogP contribution < -0.4 is 5.32 Å². The highest BCUT2D eigenvalue weighted by Crippen LogP contribution is 2.08. The van der Waals surface area contributed by atoms with Gasteiger partial charge >= 0.3 is 0 Å². The van der Waals surface area contributed by atoms with Crippen molar-refractivity contribution < 1.29 is 9.59 Å². The lowest BCUT2D eigenvalue weighted by atomic mass is 10.1. The number of aryl methyl sites for hydroxylation is 1. The van der Waals surface area contributed by atoms with Crippen LogP contribution in [0.15, 0.2) is 24.3 Å². The van der Waals surface area contributed by atoms with Gasteiger partial charge in [-0.15, -0.1) is 12.4 Å². The van der Waals surface area contributed by atoms with E-state index in [0.717, 1.165) is 19.5 Å². The summed E-state index contributed by atoms with van der Waals surface area (Å²) >= 11 is 0. The summed E-state index contributed by atoms with van der Waals surface area (Å²) in [5.41, 5.74) is 1.83. The van der Waals surface area contributed by atoms with E-state index in [1.165, 1.54) is 10.5 Å². The van der Waals surface area contributed by atoms with Crippen molar-refractivity contribution in [3.63, 3.8) is 0 Å². The zero-order valence-corrected chi connectivity index (χ0v) is 14.0. The summed E-state index contributed by atoms with van der Waals surface area (Å²) in [6, 6.07) is 7.57. The smallest absolute Gasteiger partial charge is 0.254 e. The normalized spacial score (nSPS) is 14.2. The Kier molecular flexibility index (Phi) is 7.35. The third-order valence-corrected chi connectivity index (χ3v) is 3.80. The molecule has 1 fully saturated rings. The molecule has 2 rings (SSSR count). The number of halogens is 1. The van der Waals surface area contributed by atoms with Gasteiger partial charge in [-0.3, -0.25) is 9.59 Å². The van der Waals surface area contributed by atoms with Crippen molar-refractivity contribution in [1.29, 1.82) is 0 Å². The molecule has 1 saturated heterocycles. The maximum atomic E-state index is 12.3. The molecule has 0 radical (unpaired) electrons. The molecule has 0 atom stereocenters. The third-order valence-electron chi connectivity index (χ3n) is 3.80. The molecule has 5 nitrogen and oxygen atoms in total. The van der Waals surface area contributed by atoms with Gasteiger partial charge in [-0.25, -0.2) is 0 Å². The lowest BCUT2D eigenvalue weighted by molar-refractivity contribution is -0.132. The minimum Gasteiger partial charge on any atom is -0.339 e. The molecule has 2 amide bonds. The molecule has 0 aliphatic carbocycles. The summed E-state index contributed by atoms with van der Waals surface area (Å²) in [5, 5.41) is 3.21. The number of amides is 2. The van der Waals surface area contributed by atoms with Crippen molar-refractivity contribution in [2.75, 3.05) is 39.8 Å². The van der Waals surface area contributed by atoms with Crippen molar-refractivity contribution in [3.8, 4) is 0 Å². The first-order chi connectivity index (χ1) is 10.1. The number of hydrogen-bond donors (Lipinski definition) is 1. The van der Waals surface area contributed by atoms with Gasteiger partial charge in [0.25, 0.3) is 5.91 Å². The van der Waals surface area contributed by atoms with Crippen LogP contribution in [-0.2, 0) is 11.2 Å². The Hall–Kier alpha value is -1.59. The number of carbonyl (C=O) groups is 2. The second kappa shape index (κ2) is 8.76. The van der Waals surface area contributed by atoms with Crippen LogP contribution in [0.1, 0.15) is 22.8 Å². The molecular formula is C16H24ClN3O2. The maximum Gasteiger partial charge on any atom is 0.254 e. The largest absolute Gasteiger partial charge is 0.339 e. The summed E-state index contributed by atoms with van der Waals surface area (Å²) in [5.74, 6) is -0.0985. The minimum atomic E-state index is -0.110. The van der Waals surface area contributed by atoms with E-state index in [4.69, 9.17) is 0 Å². The molecule has 122 valence electrons. The number of rotatable bonds is 4. The van der Waals surface area contributed by atoms with E-state index in [-0.39, 0.29) is 30.8 Å². The zero-order valence-electron chi connectivity index (χ0n) is 13.2. The van der Waals surface area contributed by atoms with E-state index in [9.17, 15) is 9.59 Å². The van der Waals surface area contributed by atoms with Crippen molar-refractivity contribution >= 4 is 24.2 Å². The standard InChI is InChI=1S/C16H23N3O2.ClH/c1-3-13-4-6-14(7-5-13)16(21)18(2)12-15(20)19-10-8-17-9-11-19;/h4-7,17H,3,8-12H2,1-2H3;1H. The highest BCUT2D eigenvalue weighted by Gasteiger charge is 2.20. The molecule has 1 aliphatic heterocycles. The van der Waals surface area contributed by atoms with Crippen LogP contribution in [0.3, 0.4) is 0 Å². The molecule has 0 saturated carbocycles. The van der Waals surface area contributed by atoms with E-state index in [0.29, 0.717) is 18.7 Å². The predicted molar refractivity (Wildman–Crippen MR) is 89.5 cm³/mol. The topological polar surface area (TPSA) is 52.7 Å². The van der Waals surface area contributed by atoms with Gasteiger partial charge in [0.05, 0.1) is 6.54 Å². The van der Waals surface area contributed by atoms with E-state index in [2.05, 4.69) is 12.2 Å². The average molecular weight is 326 g/mol. The number of likely N-dealkylation sites (N-methyl/N-ethyl adjacent to an activating group) is 1. The Bertz CT molecular complexity index is 499. The summed E-state index contributed by atoms with van der Waals surface area (Å²) < 4.78 is 0. The van der Waals surface area contributed by atoms with Crippen LogP contribution in [0.2, 0.25) is 0 Å². The molecule has 22 heavy (non-hydrogen) atoms. The van der Waals surface area contributed by atoms with Gasteiger partial charge in [-0.05, 0) is 24.1 Å². The van der Waals surface area contributed by atoms with Crippen LogP contribution in [-0.4, -0.2) is 61.4 Å². The van der Waals surface area contributed by atoms with E-state index in [1.54, 1.807) is 11.9 Å². The Labute approximate surface area is 138 Å². The SMILES string of the molecule is CCc1ccc(C(=O)N(C)CC(=O)N2CCNCC2)cc1.Cl. The van der Waals surface area contributed by atoms with Crippen LogP contribution in [0.5, 0.6) is 0 Å². The van der Waals surface area contributed by atoms with Gasteiger partial charge in [0, 0.05) is 38.8 Å². The molecule has 0 unspecified atom stereocenters. The van der Waals surface area contributed by atoms with Gasteiger partial charge in [0.1, 0.15) is 0 Å². The quantitative estimate of drug-likeness (QED) is 0.904. The van der Waals surface area contributed by atoms with Crippen LogP contribution >= 0.6 is 12.4 Å². The van der Waals surface area contributed by atoms with Crippen LogP contribution in [0, 0.1) is 0 Å². The van der Waals surface area contributed by atoms with Crippen LogP contribution in [0.4, 0.5) is 0 Å². The molecule has 1 aromatic rings. The fourth-order valence-corrected chi connectivity index (χ4v) is 2.39. The van der Waals surface area contributed by atoms with E-state index >= 15 is 0 Å². The van der Waals surface area contributed by atoms with E-state index < -0.39 is 0 Å². The molecule has 6 heteroatoms. The van der Waals surface area contributed by atoms with Crippen LogP contribution in [0.25, 0.3) is 0 Å². The first-order valence-electron chi connectivity index (χ1n) is 7.44. The summed E-state index contributed by atoms with van der Waals surface area (Å²) in [7, 11) is 1.68. The lowest BCUT2D eigenvalue weighted by Gasteiger charge is -2.29. The molecule has 0 spiro atoms. The van der Waals surface area contributed by atoms with Crippen molar-refractivity contribution in [2.24, 2.45) is 0 Å². The zero-order chi connectivity index (χ0) is 15.2. The molecule has 1 aromatic carbocycles. The Morgan fingerprint density at radius 1 is 1.18 bits per heavy atom. The van der Waals surface area contributed by atoms with Gasteiger partial charge < -0.3 is 15.1 Å². The van der Waals surface area contributed by atoms with Crippen molar-refractivity contribution in [3.05, 3.63) is 35.4 Å². The highest BCUT2D eigenvalue weighted by atomic mass is 35.5. The van der Waals surface area contributed by atoms with Crippen molar-refractivity contribution in [1.82, 2.24) is 15.1 Å². The third kappa shape index (κ3) is 4.71. The number of carbonyl (C=O) groups excluding carboxylic acids is 2. The van der Waals surface area contributed by atoms with Gasteiger partial charge in [-0.1, -0.05) is 19.1 Å². The second-order valence-electron chi connectivity index (χ2n) is 5.34. The summed E-state index contributed by atoms with van der Waals surface area (Å²) in [6.07, 6.45) is 0.950. The number of benzene rings is 1. The summed E-state index contributed by atoms with van der Waals surface area (Å²) in [6.45, 7) is 5.28. The molecule has 1 N–H and O–H groups in total. The van der Waals surface area contributed by atoms with Crippen molar-refractivity contribution in [2.45, 2.75) is 13.3 Å². The fraction of sp³-hybridized carbons (Fsp3) is 0.500. The molecule has 0 bridgehead atoms. The Morgan fingerprint density at radius 3 is 2.32 bits per heavy atom. The lowest BCUT2D eigenvalue weighted by Crippen LogP contribution is -2.49. The molecule has 1 aliphatic rings. The maximum absolute atomic E-state index is 12.3. The second-order valence-corrected chi connectivity index (χ2v) is 5.34. The Morgan fingerprint density at radius 2 is 1.77 bits per heavy atom. The first-order valence-corrected chi connectivity index (χ1v) is 7.44. The molecule has 1 heterocycles. The predicted octanol–water partition coefficient (Wildman–Crippen LogP) is 1.17. The summed E-state index contributed by atoms with van der Waals surface area (Å²) in [4.78, 5) is 27.8. The number of nitrogens with one attached hydrogen (secondary N) is 1. The van der Waals surface area contributed by atoms with Gasteiger partial charge in [-0.2, -0.15) is 0 Å². The van der Waals surface area contributed by atoms with Gasteiger partial charge in [0.15, 0.2) is 0 Å². The number of hydrogen-bond acceptors (Lipinski definition) is 3. The average Bonchev–Trinajstić information content (AvgIpc) is 2.55.